The molecule has 0 aliphatic heterocycles. The smallest absolute Gasteiger partial charge is 0.142 e. The molecule has 0 aliphatic carbocycles. The molecule has 2 atom stereocenters. The van der Waals surface area contributed by atoms with Gasteiger partial charge in [0, 0.05) is 6.04 Å². The second kappa shape index (κ2) is 7.51. The molecule has 0 aromatic heterocycles. The van der Waals surface area contributed by atoms with E-state index in [1.54, 1.807) is 25.1 Å². The van der Waals surface area contributed by atoms with Gasteiger partial charge in [0.2, 0.25) is 0 Å². The second-order valence-electron chi connectivity index (χ2n) is 5.15. The van der Waals surface area contributed by atoms with Crippen molar-refractivity contribution in [3.63, 3.8) is 0 Å². The Balaban J connectivity index is 2.19. The fraction of sp³-hybridized carbons (Fsp3) is 0.235. The predicted molar refractivity (Wildman–Crippen MR) is 83.9 cm³/mol. The van der Waals surface area contributed by atoms with Gasteiger partial charge >= 0.3 is 0 Å². The molecule has 3 nitrogen and oxygen atoms in total. The van der Waals surface area contributed by atoms with Gasteiger partial charge < -0.3 is 10.4 Å². The maximum absolute atomic E-state index is 13.7. The quantitative estimate of drug-likeness (QED) is 0.871. The van der Waals surface area contributed by atoms with Crippen LogP contribution in [-0.2, 0) is 0 Å². The standard InChI is InChI=1S/C17H15ClF2N2O/c1-10(11-2-3-13(8-21)15(19)6-11)22-17(9-23)12-4-5-14(18)16(20)7-12/h2-7,10,17,22-23H,9H2,1H3. The maximum atomic E-state index is 13.7. The van der Waals surface area contributed by atoms with Crippen molar-refractivity contribution in [2.45, 2.75) is 19.0 Å². The predicted octanol–water partition coefficient (Wildman–Crippen LogP) is 3.87. The molecule has 0 fully saturated rings. The van der Waals surface area contributed by atoms with Crippen molar-refractivity contribution in [2.75, 3.05) is 6.61 Å². The third-order valence-electron chi connectivity index (χ3n) is 3.59. The van der Waals surface area contributed by atoms with E-state index in [1.807, 2.05) is 0 Å². The average molecular weight is 337 g/mol. The lowest BCUT2D eigenvalue weighted by Crippen LogP contribution is -2.27. The molecule has 0 amide bonds. The van der Waals surface area contributed by atoms with Crippen LogP contribution in [0.25, 0.3) is 0 Å². The van der Waals surface area contributed by atoms with Gasteiger partial charge in [-0.15, -0.1) is 0 Å². The van der Waals surface area contributed by atoms with Gasteiger partial charge in [0.15, 0.2) is 0 Å². The molecule has 23 heavy (non-hydrogen) atoms. The first-order chi connectivity index (χ1) is 11.0. The van der Waals surface area contributed by atoms with Gasteiger partial charge in [0.05, 0.1) is 23.2 Å². The lowest BCUT2D eigenvalue weighted by Gasteiger charge is -2.23. The van der Waals surface area contributed by atoms with Gasteiger partial charge in [-0.1, -0.05) is 23.7 Å². The van der Waals surface area contributed by atoms with Gasteiger partial charge in [-0.25, -0.2) is 8.78 Å². The Morgan fingerprint density at radius 1 is 1.17 bits per heavy atom. The van der Waals surface area contributed by atoms with E-state index in [0.717, 1.165) is 0 Å². The molecule has 2 aromatic rings. The first-order valence-corrected chi connectivity index (χ1v) is 7.35. The normalized spacial score (nSPS) is 13.4. The molecule has 0 spiro atoms. The first-order valence-electron chi connectivity index (χ1n) is 6.97. The van der Waals surface area contributed by atoms with Gasteiger partial charge in [-0.3, -0.25) is 0 Å². The number of aliphatic hydroxyl groups excluding tert-OH is 1. The van der Waals surface area contributed by atoms with Crippen molar-refractivity contribution >= 4 is 11.6 Å². The van der Waals surface area contributed by atoms with Crippen LogP contribution in [0.5, 0.6) is 0 Å². The summed E-state index contributed by atoms with van der Waals surface area (Å²) in [6.07, 6.45) is 0. The highest BCUT2D eigenvalue weighted by atomic mass is 35.5. The van der Waals surface area contributed by atoms with Crippen molar-refractivity contribution in [2.24, 2.45) is 0 Å². The molecule has 0 radical (unpaired) electrons. The van der Waals surface area contributed by atoms with E-state index in [0.29, 0.717) is 11.1 Å². The molecule has 0 saturated carbocycles. The fourth-order valence-corrected chi connectivity index (χ4v) is 2.39. The Morgan fingerprint density at radius 3 is 2.39 bits per heavy atom. The van der Waals surface area contributed by atoms with E-state index < -0.39 is 17.7 Å². The summed E-state index contributed by atoms with van der Waals surface area (Å²) in [6.45, 7) is 1.53. The minimum Gasteiger partial charge on any atom is -0.394 e. The molecule has 2 aromatic carbocycles. The summed E-state index contributed by atoms with van der Waals surface area (Å²) >= 11 is 5.65. The van der Waals surface area contributed by atoms with Crippen LogP contribution in [0.15, 0.2) is 36.4 Å². The summed E-state index contributed by atoms with van der Waals surface area (Å²) in [7, 11) is 0. The minimum atomic E-state index is -0.600. The minimum absolute atomic E-state index is 0.00708. The van der Waals surface area contributed by atoms with Gasteiger partial charge in [0.1, 0.15) is 17.7 Å². The van der Waals surface area contributed by atoms with E-state index >= 15 is 0 Å². The van der Waals surface area contributed by atoms with Crippen LogP contribution in [0.2, 0.25) is 5.02 Å². The Hall–Kier alpha value is -2.00. The highest BCUT2D eigenvalue weighted by molar-refractivity contribution is 6.30. The van der Waals surface area contributed by atoms with Crippen LogP contribution in [-0.4, -0.2) is 11.7 Å². The number of nitriles is 1. The summed E-state index contributed by atoms with van der Waals surface area (Å²) in [4.78, 5) is 0. The number of hydrogen-bond donors (Lipinski definition) is 2. The van der Waals surface area contributed by atoms with E-state index in [9.17, 15) is 13.9 Å². The van der Waals surface area contributed by atoms with Crippen molar-refractivity contribution in [3.8, 4) is 6.07 Å². The monoisotopic (exact) mass is 336 g/mol. The molecule has 0 heterocycles. The van der Waals surface area contributed by atoms with Crippen molar-refractivity contribution in [1.29, 1.82) is 5.26 Å². The van der Waals surface area contributed by atoms with Crippen LogP contribution < -0.4 is 5.32 Å². The largest absolute Gasteiger partial charge is 0.394 e. The number of rotatable bonds is 5. The van der Waals surface area contributed by atoms with E-state index in [1.165, 1.54) is 24.3 Å². The van der Waals surface area contributed by atoms with Crippen LogP contribution >= 0.6 is 11.6 Å². The molecule has 2 unspecified atom stereocenters. The summed E-state index contributed by atoms with van der Waals surface area (Å²) < 4.78 is 27.2. The van der Waals surface area contributed by atoms with E-state index in [2.05, 4.69) is 5.32 Å². The maximum Gasteiger partial charge on any atom is 0.142 e. The Labute approximate surface area is 138 Å². The third-order valence-corrected chi connectivity index (χ3v) is 3.90. The Kier molecular flexibility index (Phi) is 5.67. The molecule has 0 bridgehead atoms. The number of halogens is 3. The highest BCUT2D eigenvalue weighted by Gasteiger charge is 2.17. The second-order valence-corrected chi connectivity index (χ2v) is 5.56. The van der Waals surface area contributed by atoms with Crippen LogP contribution in [0.4, 0.5) is 8.78 Å². The number of hydrogen-bond acceptors (Lipinski definition) is 3. The van der Waals surface area contributed by atoms with Crippen molar-refractivity contribution in [1.82, 2.24) is 5.32 Å². The molecule has 0 aliphatic rings. The lowest BCUT2D eigenvalue weighted by atomic mass is 10.0. The van der Waals surface area contributed by atoms with Gasteiger partial charge in [-0.05, 0) is 42.3 Å². The van der Waals surface area contributed by atoms with Gasteiger partial charge in [-0.2, -0.15) is 5.26 Å². The van der Waals surface area contributed by atoms with Crippen molar-refractivity contribution in [3.05, 3.63) is 69.7 Å². The fourth-order valence-electron chi connectivity index (χ4n) is 2.27. The molecule has 2 N–H and O–H groups in total. The topological polar surface area (TPSA) is 56.0 Å². The number of nitrogens with zero attached hydrogens (tertiary/aromatic N) is 1. The van der Waals surface area contributed by atoms with Crippen LogP contribution in [0.3, 0.4) is 0 Å². The molecule has 0 saturated heterocycles. The molecule has 2 rings (SSSR count). The average Bonchev–Trinajstić information content (AvgIpc) is 2.55. The zero-order chi connectivity index (χ0) is 17.0. The van der Waals surface area contributed by atoms with Gasteiger partial charge in [0.25, 0.3) is 0 Å². The zero-order valence-corrected chi connectivity index (χ0v) is 13.1. The van der Waals surface area contributed by atoms with E-state index in [4.69, 9.17) is 16.9 Å². The van der Waals surface area contributed by atoms with E-state index in [-0.39, 0.29) is 23.2 Å². The lowest BCUT2D eigenvalue weighted by molar-refractivity contribution is 0.235. The SMILES string of the molecule is CC(NC(CO)c1ccc(Cl)c(F)c1)c1ccc(C#N)c(F)c1. The van der Waals surface area contributed by atoms with Crippen LogP contribution in [0, 0.1) is 23.0 Å². The molecular weight excluding hydrogens is 322 g/mol. The molecular formula is C17H15ClF2N2O. The highest BCUT2D eigenvalue weighted by Crippen LogP contribution is 2.24. The summed E-state index contributed by atoms with van der Waals surface area (Å²) in [6, 6.07) is 9.51. The molecule has 120 valence electrons. The summed E-state index contributed by atoms with van der Waals surface area (Å²) in [5.74, 6) is -1.17. The number of nitrogens with one attached hydrogen (secondary N) is 1. The van der Waals surface area contributed by atoms with Crippen molar-refractivity contribution < 1.29 is 13.9 Å². The number of aliphatic hydroxyl groups is 1. The van der Waals surface area contributed by atoms with Crippen LogP contribution in [0.1, 0.15) is 35.7 Å². The Morgan fingerprint density at radius 2 is 1.83 bits per heavy atom. The third kappa shape index (κ3) is 4.05. The Bertz CT molecular complexity index is 746. The first kappa shape index (κ1) is 17.4. The summed E-state index contributed by atoms with van der Waals surface area (Å²) in [5.41, 5.74) is 1.13. The summed E-state index contributed by atoms with van der Waals surface area (Å²) in [5, 5.41) is 21.4. The number of benzene rings is 2. The zero-order valence-electron chi connectivity index (χ0n) is 12.4. The molecule has 6 heteroatoms.